The third-order valence-corrected chi connectivity index (χ3v) is 7.19. The molecule has 0 saturated heterocycles. The predicted octanol–water partition coefficient (Wildman–Crippen LogP) is 4.92. The van der Waals surface area contributed by atoms with Crippen LogP contribution in [0.25, 0.3) is 0 Å². The van der Waals surface area contributed by atoms with Gasteiger partial charge in [-0.05, 0) is 69.9 Å². The van der Waals surface area contributed by atoms with Gasteiger partial charge in [0.15, 0.2) is 0 Å². The molecule has 0 aliphatic carbocycles. The zero-order valence-corrected chi connectivity index (χ0v) is 23.6. The highest BCUT2D eigenvalue weighted by Gasteiger charge is 2.31. The second-order valence-corrected chi connectivity index (χ2v) is 12.4. The molecule has 0 aliphatic heterocycles. The van der Waals surface area contributed by atoms with Crippen LogP contribution >= 0.6 is 11.6 Å². The van der Waals surface area contributed by atoms with Gasteiger partial charge >= 0.3 is 0 Å². The topological polar surface area (TPSA) is 86.8 Å². The van der Waals surface area contributed by atoms with Gasteiger partial charge in [-0.2, -0.15) is 0 Å². The molecule has 0 fully saturated rings. The summed E-state index contributed by atoms with van der Waals surface area (Å²) >= 11 is 6.37. The minimum absolute atomic E-state index is 0.0849. The van der Waals surface area contributed by atoms with Crippen molar-refractivity contribution in [1.82, 2.24) is 10.2 Å². The van der Waals surface area contributed by atoms with Gasteiger partial charge in [0.25, 0.3) is 0 Å². The molecule has 0 spiro atoms. The Bertz CT molecular complexity index is 1160. The predicted molar refractivity (Wildman–Crippen MR) is 147 cm³/mol. The standard InChI is InChI=1S/C27H38ClN3O4S/c1-7-24(26(33)29-27(3,4)5)30(19-21-13-8-9-15-23(21)28)25(32)16-11-17-31(36(6,34)35)22-14-10-12-20(2)18-22/h8-10,12-15,18,24H,7,11,16-17,19H2,1-6H3,(H,29,33)/t24-/m0/s1. The quantitative estimate of drug-likeness (QED) is 0.442. The van der Waals surface area contributed by atoms with Crippen LogP contribution in [0, 0.1) is 6.92 Å². The number of anilines is 1. The van der Waals surface area contributed by atoms with Crippen molar-refractivity contribution in [1.29, 1.82) is 0 Å². The summed E-state index contributed by atoms with van der Waals surface area (Å²) in [6.45, 7) is 9.77. The van der Waals surface area contributed by atoms with E-state index in [-0.39, 0.29) is 31.3 Å². The first kappa shape index (κ1) is 29.6. The highest BCUT2D eigenvalue weighted by molar-refractivity contribution is 7.92. The Kier molecular flexibility index (Phi) is 10.4. The molecule has 2 aromatic carbocycles. The van der Waals surface area contributed by atoms with Crippen LogP contribution in [0.5, 0.6) is 0 Å². The summed E-state index contributed by atoms with van der Waals surface area (Å²) in [5.41, 5.74) is 1.80. The number of hydrogen-bond donors (Lipinski definition) is 1. The molecule has 0 aliphatic rings. The summed E-state index contributed by atoms with van der Waals surface area (Å²) in [5, 5.41) is 3.49. The average Bonchev–Trinajstić information content (AvgIpc) is 2.75. The van der Waals surface area contributed by atoms with Crippen LogP contribution in [0.1, 0.15) is 58.1 Å². The lowest BCUT2D eigenvalue weighted by Gasteiger charge is -2.33. The van der Waals surface area contributed by atoms with Crippen molar-refractivity contribution in [3.05, 3.63) is 64.7 Å². The summed E-state index contributed by atoms with van der Waals surface area (Å²) in [6.07, 6.45) is 1.97. The number of nitrogens with zero attached hydrogens (tertiary/aromatic N) is 2. The maximum atomic E-state index is 13.5. The molecule has 2 rings (SSSR count). The van der Waals surface area contributed by atoms with E-state index >= 15 is 0 Å². The zero-order chi connectivity index (χ0) is 27.1. The van der Waals surface area contributed by atoms with E-state index in [1.165, 1.54) is 4.31 Å². The van der Waals surface area contributed by atoms with E-state index in [1.54, 1.807) is 29.2 Å². The number of sulfonamides is 1. The highest BCUT2D eigenvalue weighted by Crippen LogP contribution is 2.23. The SMILES string of the molecule is CC[C@@H](C(=O)NC(C)(C)C)N(Cc1ccccc1Cl)C(=O)CCCN(c1cccc(C)c1)S(C)(=O)=O. The fourth-order valence-corrected chi connectivity index (χ4v) is 5.12. The molecule has 2 amide bonds. The molecule has 1 N–H and O–H groups in total. The summed E-state index contributed by atoms with van der Waals surface area (Å²) < 4.78 is 26.3. The summed E-state index contributed by atoms with van der Waals surface area (Å²) in [7, 11) is -3.53. The van der Waals surface area contributed by atoms with Gasteiger partial charge in [-0.3, -0.25) is 13.9 Å². The zero-order valence-electron chi connectivity index (χ0n) is 22.0. The molecule has 0 bridgehead atoms. The molecule has 198 valence electrons. The van der Waals surface area contributed by atoms with Gasteiger partial charge in [-0.1, -0.05) is 48.9 Å². The molecule has 0 heterocycles. The van der Waals surface area contributed by atoms with Crippen LogP contribution in [0.15, 0.2) is 48.5 Å². The van der Waals surface area contributed by atoms with E-state index in [0.29, 0.717) is 23.6 Å². The van der Waals surface area contributed by atoms with Gasteiger partial charge < -0.3 is 10.2 Å². The minimum Gasteiger partial charge on any atom is -0.350 e. The summed E-state index contributed by atoms with van der Waals surface area (Å²) in [6, 6.07) is 13.8. The van der Waals surface area contributed by atoms with E-state index in [9.17, 15) is 18.0 Å². The van der Waals surface area contributed by atoms with Crippen molar-refractivity contribution in [3.63, 3.8) is 0 Å². The number of benzene rings is 2. The lowest BCUT2D eigenvalue weighted by Crippen LogP contribution is -2.53. The van der Waals surface area contributed by atoms with E-state index < -0.39 is 21.6 Å². The number of hydrogen-bond acceptors (Lipinski definition) is 4. The number of rotatable bonds is 11. The van der Waals surface area contributed by atoms with Crippen LogP contribution in [0.3, 0.4) is 0 Å². The van der Waals surface area contributed by atoms with Gasteiger partial charge in [-0.25, -0.2) is 8.42 Å². The smallest absolute Gasteiger partial charge is 0.243 e. The number of aryl methyl sites for hydroxylation is 1. The molecular formula is C27H38ClN3O4S. The van der Waals surface area contributed by atoms with Crippen molar-refractivity contribution >= 4 is 39.1 Å². The Morgan fingerprint density at radius 1 is 1.08 bits per heavy atom. The number of carbonyl (C=O) groups is 2. The van der Waals surface area contributed by atoms with Gasteiger partial charge in [-0.15, -0.1) is 0 Å². The lowest BCUT2D eigenvalue weighted by molar-refractivity contribution is -0.142. The third kappa shape index (κ3) is 8.82. The molecule has 0 aromatic heterocycles. The molecule has 36 heavy (non-hydrogen) atoms. The monoisotopic (exact) mass is 535 g/mol. The van der Waals surface area contributed by atoms with Gasteiger partial charge in [0, 0.05) is 30.1 Å². The van der Waals surface area contributed by atoms with Crippen molar-refractivity contribution in [2.75, 3.05) is 17.1 Å². The van der Waals surface area contributed by atoms with Crippen LogP contribution in [0.2, 0.25) is 5.02 Å². The number of amides is 2. The van der Waals surface area contributed by atoms with Crippen molar-refractivity contribution in [2.24, 2.45) is 0 Å². The minimum atomic E-state index is -3.53. The van der Waals surface area contributed by atoms with Crippen molar-refractivity contribution < 1.29 is 18.0 Å². The Morgan fingerprint density at radius 2 is 1.75 bits per heavy atom. The fraction of sp³-hybridized carbons (Fsp3) is 0.481. The number of carbonyl (C=O) groups excluding carboxylic acids is 2. The van der Waals surface area contributed by atoms with Crippen molar-refractivity contribution in [2.45, 2.75) is 72.0 Å². The lowest BCUT2D eigenvalue weighted by atomic mass is 10.0. The Morgan fingerprint density at radius 3 is 2.31 bits per heavy atom. The summed E-state index contributed by atoms with van der Waals surface area (Å²) in [4.78, 5) is 28.2. The molecular weight excluding hydrogens is 498 g/mol. The number of nitrogens with one attached hydrogen (secondary N) is 1. The molecule has 9 heteroatoms. The van der Waals surface area contributed by atoms with E-state index in [0.717, 1.165) is 17.4 Å². The van der Waals surface area contributed by atoms with Crippen LogP contribution in [-0.4, -0.2) is 49.5 Å². The molecule has 0 unspecified atom stereocenters. The molecule has 2 aromatic rings. The Hall–Kier alpha value is -2.58. The van der Waals surface area contributed by atoms with E-state index in [1.807, 2.05) is 58.9 Å². The van der Waals surface area contributed by atoms with Crippen LogP contribution in [0.4, 0.5) is 5.69 Å². The van der Waals surface area contributed by atoms with Gasteiger partial charge in [0.2, 0.25) is 21.8 Å². The second-order valence-electron chi connectivity index (χ2n) is 10.1. The first-order chi connectivity index (χ1) is 16.7. The fourth-order valence-electron chi connectivity index (χ4n) is 3.97. The Balaban J connectivity index is 2.25. The first-order valence-corrected chi connectivity index (χ1v) is 14.3. The van der Waals surface area contributed by atoms with Gasteiger partial charge in [0.1, 0.15) is 6.04 Å². The first-order valence-electron chi connectivity index (χ1n) is 12.1. The highest BCUT2D eigenvalue weighted by atomic mass is 35.5. The second kappa shape index (κ2) is 12.6. The molecule has 0 saturated carbocycles. The summed E-state index contributed by atoms with van der Waals surface area (Å²) in [5.74, 6) is -0.466. The molecule has 0 radical (unpaired) electrons. The van der Waals surface area contributed by atoms with Crippen LogP contribution in [-0.2, 0) is 26.2 Å². The normalized spacial score (nSPS) is 12.6. The Labute approximate surface area is 220 Å². The third-order valence-electron chi connectivity index (χ3n) is 5.62. The maximum absolute atomic E-state index is 13.5. The van der Waals surface area contributed by atoms with Crippen molar-refractivity contribution in [3.8, 4) is 0 Å². The average molecular weight is 536 g/mol. The van der Waals surface area contributed by atoms with E-state index in [2.05, 4.69) is 5.32 Å². The maximum Gasteiger partial charge on any atom is 0.243 e. The van der Waals surface area contributed by atoms with Crippen LogP contribution < -0.4 is 9.62 Å². The van der Waals surface area contributed by atoms with Gasteiger partial charge in [0.05, 0.1) is 11.9 Å². The van der Waals surface area contributed by atoms with E-state index in [4.69, 9.17) is 11.6 Å². The molecule has 7 nitrogen and oxygen atoms in total. The largest absolute Gasteiger partial charge is 0.350 e. The number of halogens is 1. The molecule has 1 atom stereocenters.